The molecule has 0 spiro atoms. The summed E-state index contributed by atoms with van der Waals surface area (Å²) in [6, 6.07) is 17.9. The molecule has 8 heteroatoms. The average Bonchev–Trinajstić information content (AvgIpc) is 3.02. The summed E-state index contributed by atoms with van der Waals surface area (Å²) in [6.45, 7) is 2.56. The van der Waals surface area contributed by atoms with Crippen molar-refractivity contribution >= 4 is 27.7 Å². The van der Waals surface area contributed by atoms with E-state index in [0.29, 0.717) is 23.5 Å². The van der Waals surface area contributed by atoms with Crippen LogP contribution < -0.4 is 9.47 Å². The Bertz CT molecular complexity index is 1300. The lowest BCUT2D eigenvalue weighted by Gasteiger charge is -2.38. The van der Waals surface area contributed by atoms with Gasteiger partial charge in [-0.1, -0.05) is 71.7 Å². The molecule has 4 atom stereocenters. The van der Waals surface area contributed by atoms with Crippen molar-refractivity contribution in [2.45, 2.75) is 36.9 Å². The fourth-order valence-electron chi connectivity index (χ4n) is 5.37. The summed E-state index contributed by atoms with van der Waals surface area (Å²) in [5, 5.41) is 12.2. The number of halogens is 1. The van der Waals surface area contributed by atoms with Gasteiger partial charge in [0.15, 0.2) is 5.60 Å². The number of methoxy groups -OCH3 is 1. The largest absolute Gasteiger partial charge is 0.492 e. The number of unbranched alkanes of at least 4 members (excludes halogenated alkanes) is 1. The van der Waals surface area contributed by atoms with Gasteiger partial charge in [-0.25, -0.2) is 4.98 Å². The zero-order valence-electron chi connectivity index (χ0n) is 19.9. The van der Waals surface area contributed by atoms with Crippen LogP contribution in [0, 0.1) is 5.92 Å². The Balaban J connectivity index is 1.78. The van der Waals surface area contributed by atoms with Crippen molar-refractivity contribution in [3.8, 4) is 11.5 Å². The van der Waals surface area contributed by atoms with E-state index in [4.69, 9.17) is 14.2 Å². The Morgan fingerprint density at radius 1 is 1.17 bits per heavy atom. The van der Waals surface area contributed by atoms with Crippen molar-refractivity contribution in [3.63, 3.8) is 0 Å². The number of nitrogens with zero attached hydrogens (tertiary/aromatic N) is 1. The van der Waals surface area contributed by atoms with Crippen molar-refractivity contribution in [1.29, 1.82) is 0 Å². The first kappa shape index (κ1) is 24.5. The van der Waals surface area contributed by atoms with Crippen LogP contribution in [0.3, 0.4) is 0 Å². The lowest BCUT2D eigenvalue weighted by atomic mass is 9.75. The highest BCUT2D eigenvalue weighted by atomic mass is 79.9. The van der Waals surface area contributed by atoms with Crippen LogP contribution in [0.2, 0.25) is 0 Å². The zero-order valence-corrected chi connectivity index (χ0v) is 21.5. The first-order valence-electron chi connectivity index (χ1n) is 11.9. The molecule has 1 N–H and O–H groups in total. The molecule has 0 amide bonds. The zero-order chi connectivity index (χ0) is 25.5. The van der Waals surface area contributed by atoms with Crippen LogP contribution in [0.5, 0.6) is 11.5 Å². The Hall–Kier alpha value is -3.23. The summed E-state index contributed by atoms with van der Waals surface area (Å²) in [5.74, 6) is -2.90. The molecule has 2 aliphatic rings. The summed E-state index contributed by atoms with van der Waals surface area (Å²) in [7, 11) is 1.24. The molecule has 2 heterocycles. The van der Waals surface area contributed by atoms with Crippen LogP contribution in [0.4, 0.5) is 0 Å². The van der Waals surface area contributed by atoms with E-state index in [2.05, 4.69) is 27.8 Å². The van der Waals surface area contributed by atoms with Crippen molar-refractivity contribution in [1.82, 2.24) is 4.98 Å². The summed E-state index contributed by atoms with van der Waals surface area (Å²) >= 11 is 3.44. The predicted molar refractivity (Wildman–Crippen MR) is 135 cm³/mol. The molecule has 2 aromatic carbocycles. The molecule has 1 aliphatic heterocycles. The second-order valence-electron chi connectivity index (χ2n) is 9.05. The lowest BCUT2D eigenvalue weighted by molar-refractivity contribution is -0.163. The van der Waals surface area contributed by atoms with Gasteiger partial charge in [-0.3, -0.25) is 9.59 Å². The maximum Gasteiger partial charge on any atom is 0.313 e. The van der Waals surface area contributed by atoms with Crippen molar-refractivity contribution < 1.29 is 28.9 Å². The van der Waals surface area contributed by atoms with E-state index in [1.165, 1.54) is 13.3 Å². The lowest BCUT2D eigenvalue weighted by Crippen LogP contribution is -2.51. The Kier molecular flexibility index (Phi) is 6.34. The minimum absolute atomic E-state index is 0.0168. The van der Waals surface area contributed by atoms with Crippen LogP contribution in [-0.2, 0) is 25.5 Å². The molecule has 3 aromatic rings. The van der Waals surface area contributed by atoms with E-state index in [-0.39, 0.29) is 11.4 Å². The fourth-order valence-corrected chi connectivity index (χ4v) is 5.64. The smallest absolute Gasteiger partial charge is 0.313 e. The van der Waals surface area contributed by atoms with E-state index >= 15 is 0 Å². The number of hydrogen-bond acceptors (Lipinski definition) is 7. The standard InChI is InChI=1S/C28H26BrNO6/c1-3-4-14-35-20-15-21-24(30-16-20)27(33)23(25(31)34-2)22(17-8-6-5-7-9-17)28(36-21,26(27)32)18-10-12-19(29)13-11-18/h5-13,15-16,22-23,33H,3-4,14H2,1-2H3/t22?,23?,27-,28+/m1/s1. The minimum Gasteiger partial charge on any atom is -0.492 e. The summed E-state index contributed by atoms with van der Waals surface area (Å²) in [4.78, 5) is 32.0. The van der Waals surface area contributed by atoms with Crippen LogP contribution in [-0.4, -0.2) is 35.6 Å². The van der Waals surface area contributed by atoms with Gasteiger partial charge in [-0.15, -0.1) is 0 Å². The molecule has 36 heavy (non-hydrogen) atoms. The molecule has 5 rings (SSSR count). The SMILES string of the molecule is CCCCOc1cnc2c(c1)O[C@]1(c3ccc(Br)cc3)C(=O)[C@@]2(O)C(C(=O)OC)C1c1ccccc1. The molecule has 2 bridgehead atoms. The van der Waals surface area contributed by atoms with Gasteiger partial charge in [0.2, 0.25) is 11.4 Å². The molecule has 7 nitrogen and oxygen atoms in total. The summed E-state index contributed by atoms with van der Waals surface area (Å²) in [5.41, 5.74) is -2.82. The van der Waals surface area contributed by atoms with E-state index in [0.717, 1.165) is 17.3 Å². The number of aliphatic hydroxyl groups is 1. The molecule has 1 fully saturated rings. The first-order chi connectivity index (χ1) is 17.4. The molecule has 1 saturated carbocycles. The number of rotatable bonds is 7. The molecule has 1 aromatic heterocycles. The highest BCUT2D eigenvalue weighted by Crippen LogP contribution is 2.64. The molecule has 2 unspecified atom stereocenters. The maximum absolute atomic E-state index is 14.3. The number of esters is 1. The van der Waals surface area contributed by atoms with Gasteiger partial charge in [-0.05, 0) is 24.1 Å². The molecule has 186 valence electrons. The third-order valence-electron chi connectivity index (χ3n) is 7.02. The van der Waals surface area contributed by atoms with Gasteiger partial charge in [0.25, 0.3) is 0 Å². The molecule has 0 radical (unpaired) electrons. The highest BCUT2D eigenvalue weighted by molar-refractivity contribution is 9.10. The van der Waals surface area contributed by atoms with E-state index in [1.807, 2.05) is 30.3 Å². The first-order valence-corrected chi connectivity index (χ1v) is 12.7. The van der Waals surface area contributed by atoms with Gasteiger partial charge in [0.1, 0.15) is 23.1 Å². The van der Waals surface area contributed by atoms with Gasteiger partial charge >= 0.3 is 5.97 Å². The average molecular weight is 552 g/mol. The van der Waals surface area contributed by atoms with Crippen LogP contribution in [0.15, 0.2) is 71.3 Å². The highest BCUT2D eigenvalue weighted by Gasteiger charge is 2.77. The normalized spacial score (nSPS) is 26.2. The van der Waals surface area contributed by atoms with Gasteiger partial charge < -0.3 is 19.3 Å². The quantitative estimate of drug-likeness (QED) is 0.337. The number of carbonyl (C=O) groups excluding carboxylic acids is 2. The predicted octanol–water partition coefficient (Wildman–Crippen LogP) is 4.65. The topological polar surface area (TPSA) is 95.0 Å². The van der Waals surface area contributed by atoms with Gasteiger partial charge in [0.05, 0.1) is 25.8 Å². The number of Topliss-reactive ketones (excluding diaryl/α,β-unsaturated/α-hetero) is 1. The third kappa shape index (κ3) is 3.54. The molecular weight excluding hydrogens is 526 g/mol. The van der Waals surface area contributed by atoms with Crippen molar-refractivity contribution in [2.75, 3.05) is 13.7 Å². The van der Waals surface area contributed by atoms with Crippen LogP contribution in [0.25, 0.3) is 0 Å². The second-order valence-corrected chi connectivity index (χ2v) is 9.96. The number of ketones is 1. The minimum atomic E-state index is -2.27. The van der Waals surface area contributed by atoms with Crippen molar-refractivity contribution in [3.05, 3.63) is 88.2 Å². The number of benzene rings is 2. The monoisotopic (exact) mass is 551 g/mol. The fraction of sp³-hybridized carbons (Fsp3) is 0.321. The number of fused-ring (bicyclic) bond motifs is 4. The number of ether oxygens (including phenoxy) is 3. The summed E-state index contributed by atoms with van der Waals surface area (Å²) < 4.78 is 18.4. The van der Waals surface area contributed by atoms with Crippen LogP contribution >= 0.6 is 15.9 Å². The maximum atomic E-state index is 14.3. The van der Waals surface area contributed by atoms with E-state index in [9.17, 15) is 14.7 Å². The van der Waals surface area contributed by atoms with E-state index < -0.39 is 34.8 Å². The number of carbonyl (C=O) groups is 2. The number of hydrogen-bond donors (Lipinski definition) is 1. The number of aromatic nitrogens is 1. The van der Waals surface area contributed by atoms with Crippen LogP contribution in [0.1, 0.15) is 42.5 Å². The molecule has 0 saturated heterocycles. The van der Waals surface area contributed by atoms with Gasteiger partial charge in [-0.2, -0.15) is 0 Å². The number of pyridine rings is 1. The summed E-state index contributed by atoms with van der Waals surface area (Å²) in [6.07, 6.45) is 3.28. The molecule has 1 aliphatic carbocycles. The second kappa shape index (κ2) is 9.33. The molecular formula is C28H26BrNO6. The Labute approximate surface area is 217 Å². The Morgan fingerprint density at radius 3 is 2.56 bits per heavy atom. The third-order valence-corrected chi connectivity index (χ3v) is 7.55. The van der Waals surface area contributed by atoms with Gasteiger partial charge in [0, 0.05) is 16.1 Å². The Morgan fingerprint density at radius 2 is 1.89 bits per heavy atom. The van der Waals surface area contributed by atoms with E-state index in [1.54, 1.807) is 30.3 Å². The van der Waals surface area contributed by atoms with Crippen molar-refractivity contribution in [2.24, 2.45) is 5.92 Å².